The first-order valence-electron chi connectivity index (χ1n) is 10.6. The second-order valence-electron chi connectivity index (χ2n) is 7.01. The minimum Gasteiger partial charge on any atom is -0.493 e. The van der Waals surface area contributed by atoms with Crippen LogP contribution in [0.25, 0.3) is 0 Å². The van der Waals surface area contributed by atoms with Crippen molar-refractivity contribution in [2.75, 3.05) is 25.2 Å². The van der Waals surface area contributed by atoms with Gasteiger partial charge >= 0.3 is 0 Å². The molecule has 0 radical (unpaired) electrons. The lowest BCUT2D eigenvalue weighted by molar-refractivity contribution is -0.125. The number of nitrogens with one attached hydrogen (secondary N) is 2. The number of benzene rings is 2. The summed E-state index contributed by atoms with van der Waals surface area (Å²) < 4.78 is 10.8. The highest BCUT2D eigenvalue weighted by atomic mass is 16.5. The van der Waals surface area contributed by atoms with Gasteiger partial charge in [-0.05, 0) is 36.8 Å². The van der Waals surface area contributed by atoms with Gasteiger partial charge in [0.1, 0.15) is 0 Å². The molecule has 0 spiro atoms. The second kappa shape index (κ2) is 13.4. The fourth-order valence-corrected chi connectivity index (χ4v) is 2.92. The molecule has 2 aromatic carbocycles. The number of anilines is 1. The highest BCUT2D eigenvalue weighted by Crippen LogP contribution is 2.28. The van der Waals surface area contributed by atoms with Gasteiger partial charge in [-0.3, -0.25) is 25.2 Å². The van der Waals surface area contributed by atoms with Crippen molar-refractivity contribution in [1.29, 1.82) is 5.26 Å². The van der Waals surface area contributed by atoms with Crippen LogP contribution in [0.15, 0.2) is 48.5 Å². The third kappa shape index (κ3) is 7.85. The number of amides is 3. The Morgan fingerprint density at radius 2 is 1.79 bits per heavy atom. The molecule has 2 rings (SSSR count). The molecule has 0 aromatic heterocycles. The van der Waals surface area contributed by atoms with Crippen LogP contribution in [0.4, 0.5) is 5.69 Å². The number of hydrazine groups is 1. The number of carbonyl (C=O) groups is 3. The van der Waals surface area contributed by atoms with Crippen LogP contribution in [0.2, 0.25) is 0 Å². The Bertz CT molecular complexity index is 988. The molecule has 0 unspecified atom stereocenters. The fourth-order valence-electron chi connectivity index (χ4n) is 2.92. The molecule has 9 nitrogen and oxygen atoms in total. The monoisotopic (exact) mass is 452 g/mol. The number of para-hydroxylation sites is 1. The van der Waals surface area contributed by atoms with Gasteiger partial charge in [0.25, 0.3) is 5.91 Å². The van der Waals surface area contributed by atoms with E-state index in [1.807, 2.05) is 19.1 Å². The molecule has 0 aliphatic heterocycles. The van der Waals surface area contributed by atoms with E-state index in [1.165, 1.54) is 18.1 Å². The summed E-state index contributed by atoms with van der Waals surface area (Å²) in [7, 11) is 1.48. The lowest BCUT2D eigenvalue weighted by Gasteiger charge is -2.21. The largest absolute Gasteiger partial charge is 0.493 e. The Morgan fingerprint density at radius 1 is 1.03 bits per heavy atom. The van der Waals surface area contributed by atoms with Gasteiger partial charge in [0.05, 0.1) is 26.2 Å². The Kier molecular flexibility index (Phi) is 10.2. The van der Waals surface area contributed by atoms with Crippen LogP contribution in [0.3, 0.4) is 0 Å². The third-order valence-electron chi connectivity index (χ3n) is 4.59. The van der Waals surface area contributed by atoms with Crippen molar-refractivity contribution in [3.05, 3.63) is 54.1 Å². The number of nitrogens with zero attached hydrogens (tertiary/aromatic N) is 2. The summed E-state index contributed by atoms with van der Waals surface area (Å²) in [5.41, 5.74) is 5.58. The molecule has 0 bridgehead atoms. The zero-order valence-corrected chi connectivity index (χ0v) is 18.8. The molecule has 0 saturated heterocycles. The normalized spacial score (nSPS) is 9.97. The van der Waals surface area contributed by atoms with Crippen molar-refractivity contribution in [2.24, 2.45) is 0 Å². The number of hydrogen-bond acceptors (Lipinski definition) is 6. The molecule has 0 fully saturated rings. The molecule has 2 aromatic rings. The predicted octanol–water partition coefficient (Wildman–Crippen LogP) is 2.97. The summed E-state index contributed by atoms with van der Waals surface area (Å²) in [5, 5.41) is 8.86. The van der Waals surface area contributed by atoms with Crippen LogP contribution in [0, 0.1) is 11.3 Å². The number of methoxy groups -OCH3 is 1. The summed E-state index contributed by atoms with van der Waals surface area (Å²) in [6.45, 7) is 2.74. The van der Waals surface area contributed by atoms with Crippen LogP contribution in [-0.2, 0) is 9.59 Å². The molecule has 0 atom stereocenters. The topological polar surface area (TPSA) is 121 Å². The number of rotatable bonds is 11. The van der Waals surface area contributed by atoms with Crippen LogP contribution < -0.4 is 25.2 Å². The number of ether oxygens (including phenoxy) is 2. The highest BCUT2D eigenvalue weighted by Gasteiger charge is 2.17. The Labute approximate surface area is 193 Å². The molecule has 0 saturated carbocycles. The quantitative estimate of drug-likeness (QED) is 0.506. The molecular formula is C24H28N4O5. The maximum Gasteiger partial charge on any atom is 0.269 e. The lowest BCUT2D eigenvalue weighted by atomic mass is 10.2. The maximum atomic E-state index is 12.6. The zero-order valence-electron chi connectivity index (χ0n) is 18.8. The molecule has 3 amide bonds. The van der Waals surface area contributed by atoms with E-state index in [9.17, 15) is 14.4 Å². The number of nitriles is 1. The summed E-state index contributed by atoms with van der Waals surface area (Å²) in [6, 6.07) is 15.7. The van der Waals surface area contributed by atoms with Crippen LogP contribution in [-0.4, -0.2) is 38.0 Å². The van der Waals surface area contributed by atoms with Crippen molar-refractivity contribution in [1.82, 2.24) is 10.9 Å². The molecule has 0 aliphatic carbocycles. The van der Waals surface area contributed by atoms with Crippen molar-refractivity contribution < 1.29 is 23.9 Å². The van der Waals surface area contributed by atoms with Crippen molar-refractivity contribution in [2.45, 2.75) is 32.6 Å². The SMILES string of the molecule is CCCOc1ccc(C(=O)NNC(=O)CCC(=O)N(CCC#N)c2ccccc2)cc1OC. The minimum absolute atomic E-state index is 0.0701. The molecular weight excluding hydrogens is 424 g/mol. The maximum absolute atomic E-state index is 12.6. The van der Waals surface area contributed by atoms with Crippen molar-refractivity contribution in [3.63, 3.8) is 0 Å². The van der Waals surface area contributed by atoms with Crippen molar-refractivity contribution >= 4 is 23.4 Å². The van der Waals surface area contributed by atoms with Gasteiger partial charge in [-0.25, -0.2) is 0 Å². The van der Waals surface area contributed by atoms with Gasteiger partial charge in [-0.1, -0.05) is 25.1 Å². The first-order valence-corrected chi connectivity index (χ1v) is 10.6. The number of carbonyl (C=O) groups excluding carboxylic acids is 3. The molecule has 9 heteroatoms. The first kappa shape index (κ1) is 25.2. The number of hydrogen-bond donors (Lipinski definition) is 2. The summed E-state index contributed by atoms with van der Waals surface area (Å²) in [5.74, 6) is -0.399. The molecule has 33 heavy (non-hydrogen) atoms. The van der Waals surface area contributed by atoms with E-state index in [0.29, 0.717) is 23.8 Å². The van der Waals surface area contributed by atoms with Gasteiger partial charge in [-0.2, -0.15) is 5.26 Å². The van der Waals surface area contributed by atoms with Gasteiger partial charge in [0.2, 0.25) is 11.8 Å². The molecule has 0 aliphatic rings. The van der Waals surface area contributed by atoms with Crippen LogP contribution in [0.1, 0.15) is 43.0 Å². The Morgan fingerprint density at radius 3 is 2.45 bits per heavy atom. The van der Waals surface area contributed by atoms with E-state index in [0.717, 1.165) is 6.42 Å². The van der Waals surface area contributed by atoms with Crippen molar-refractivity contribution in [3.8, 4) is 17.6 Å². The smallest absolute Gasteiger partial charge is 0.269 e. The minimum atomic E-state index is -0.532. The summed E-state index contributed by atoms with van der Waals surface area (Å²) >= 11 is 0. The standard InChI is InChI=1S/C24H28N4O5/c1-3-16-33-20-11-10-18(17-21(20)32-2)24(31)27-26-22(29)12-13-23(30)28(15-7-14-25)19-8-5-4-6-9-19/h4-6,8-11,17H,3,7,12-13,15-16H2,1-2H3,(H,26,29)(H,27,31). The average Bonchev–Trinajstić information content (AvgIpc) is 2.85. The van der Waals surface area contributed by atoms with E-state index in [-0.39, 0.29) is 37.3 Å². The van der Waals surface area contributed by atoms with Gasteiger partial charge in [0.15, 0.2) is 11.5 Å². The van der Waals surface area contributed by atoms with E-state index < -0.39 is 11.8 Å². The highest BCUT2D eigenvalue weighted by molar-refractivity contribution is 5.97. The molecule has 2 N–H and O–H groups in total. The summed E-state index contributed by atoms with van der Waals surface area (Å²) in [4.78, 5) is 38.6. The lowest BCUT2D eigenvalue weighted by Crippen LogP contribution is -2.42. The van der Waals surface area contributed by atoms with Crippen LogP contribution >= 0.6 is 0 Å². The first-order chi connectivity index (χ1) is 16.0. The molecule has 0 heterocycles. The van der Waals surface area contributed by atoms with E-state index in [4.69, 9.17) is 14.7 Å². The average molecular weight is 453 g/mol. The third-order valence-corrected chi connectivity index (χ3v) is 4.59. The van der Waals surface area contributed by atoms with Gasteiger partial charge < -0.3 is 14.4 Å². The Balaban J connectivity index is 1.88. The van der Waals surface area contributed by atoms with E-state index in [2.05, 4.69) is 10.9 Å². The van der Waals surface area contributed by atoms with E-state index in [1.54, 1.807) is 36.4 Å². The van der Waals surface area contributed by atoms with Gasteiger partial charge in [-0.15, -0.1) is 0 Å². The Hall–Kier alpha value is -4.06. The zero-order chi connectivity index (χ0) is 24.1. The fraction of sp³-hybridized carbons (Fsp3) is 0.333. The summed E-state index contributed by atoms with van der Waals surface area (Å²) in [6.07, 6.45) is 0.817. The molecule has 174 valence electrons. The predicted molar refractivity (Wildman–Crippen MR) is 123 cm³/mol. The van der Waals surface area contributed by atoms with E-state index >= 15 is 0 Å². The second-order valence-corrected chi connectivity index (χ2v) is 7.01. The van der Waals surface area contributed by atoms with Gasteiger partial charge in [0, 0.05) is 30.6 Å². The van der Waals surface area contributed by atoms with Crippen LogP contribution in [0.5, 0.6) is 11.5 Å².